The molecule has 0 amide bonds. The smallest absolute Gasteiger partial charge is 0.101 e. The summed E-state index contributed by atoms with van der Waals surface area (Å²) < 4.78 is 5.93. The lowest BCUT2D eigenvalue weighted by molar-refractivity contribution is 0.0534. The molecular formula is C18H16O. The van der Waals surface area contributed by atoms with Gasteiger partial charge < -0.3 is 4.74 Å². The highest BCUT2D eigenvalue weighted by Crippen LogP contribution is 2.46. The van der Waals surface area contributed by atoms with Gasteiger partial charge in [0.05, 0.1) is 5.92 Å². The van der Waals surface area contributed by atoms with Crippen molar-refractivity contribution >= 4 is 0 Å². The molecule has 1 aliphatic rings. The summed E-state index contributed by atoms with van der Waals surface area (Å²) in [6, 6.07) is 16.7. The molecule has 1 nitrogen and oxygen atoms in total. The van der Waals surface area contributed by atoms with Crippen molar-refractivity contribution in [1.29, 1.82) is 0 Å². The summed E-state index contributed by atoms with van der Waals surface area (Å²) in [4.78, 5) is 0. The molecule has 0 saturated carbocycles. The van der Waals surface area contributed by atoms with Gasteiger partial charge >= 0.3 is 0 Å². The second kappa shape index (κ2) is 4.91. The number of ether oxygens (including phenoxy) is 1. The highest BCUT2D eigenvalue weighted by atomic mass is 16.5. The molecule has 2 aromatic rings. The van der Waals surface area contributed by atoms with Gasteiger partial charge in [0.1, 0.15) is 6.10 Å². The molecule has 0 aromatic heterocycles. The molecular weight excluding hydrogens is 232 g/mol. The predicted molar refractivity (Wildman–Crippen MR) is 77.8 cm³/mol. The van der Waals surface area contributed by atoms with Gasteiger partial charge in [-0.1, -0.05) is 54.5 Å². The fourth-order valence-corrected chi connectivity index (χ4v) is 2.89. The molecule has 0 N–H and O–H groups in total. The largest absolute Gasteiger partial charge is 0.372 e. The van der Waals surface area contributed by atoms with Crippen LogP contribution in [0.15, 0.2) is 48.5 Å². The Morgan fingerprint density at radius 2 is 1.58 bits per heavy atom. The molecule has 0 fully saturated rings. The van der Waals surface area contributed by atoms with Crippen molar-refractivity contribution in [3.8, 4) is 23.5 Å². The molecule has 0 bridgehead atoms. The van der Waals surface area contributed by atoms with Crippen LogP contribution in [0.3, 0.4) is 0 Å². The first-order valence-corrected chi connectivity index (χ1v) is 6.62. The highest BCUT2D eigenvalue weighted by Gasteiger charge is 2.32. The fourth-order valence-electron chi connectivity index (χ4n) is 2.89. The van der Waals surface area contributed by atoms with Gasteiger partial charge in [-0.15, -0.1) is 6.42 Å². The molecule has 0 radical (unpaired) electrons. The van der Waals surface area contributed by atoms with E-state index in [2.05, 4.69) is 42.3 Å². The average molecular weight is 248 g/mol. The Kier molecular flexibility index (Phi) is 3.11. The minimum atomic E-state index is -0.0406. The van der Waals surface area contributed by atoms with Crippen LogP contribution in [0.5, 0.6) is 0 Å². The molecule has 19 heavy (non-hydrogen) atoms. The standard InChI is InChI=1S/C18H16O/c1-3-13-14-9-5-6-10-15(14)16-11-7-8-12-17(16)18(13)19-4-2/h1,5-13,18H,4H2,2H3. The molecule has 2 unspecified atom stereocenters. The van der Waals surface area contributed by atoms with Crippen LogP contribution in [0, 0.1) is 12.3 Å². The van der Waals surface area contributed by atoms with Crippen molar-refractivity contribution < 1.29 is 4.74 Å². The first-order chi connectivity index (χ1) is 9.36. The Labute approximate surface area is 114 Å². The number of fused-ring (bicyclic) bond motifs is 3. The Hall–Kier alpha value is -2.04. The minimum absolute atomic E-state index is 0.00829. The average Bonchev–Trinajstić information content (AvgIpc) is 2.48. The second-order valence-electron chi connectivity index (χ2n) is 4.69. The van der Waals surface area contributed by atoms with Crippen LogP contribution < -0.4 is 0 Å². The zero-order chi connectivity index (χ0) is 13.2. The van der Waals surface area contributed by atoms with Crippen molar-refractivity contribution in [2.45, 2.75) is 18.9 Å². The third kappa shape index (κ3) is 1.85. The summed E-state index contributed by atoms with van der Waals surface area (Å²) >= 11 is 0. The first kappa shape index (κ1) is 12.0. The van der Waals surface area contributed by atoms with Crippen molar-refractivity contribution in [3.05, 3.63) is 59.7 Å². The number of terminal acetylenes is 1. The van der Waals surface area contributed by atoms with E-state index in [1.165, 1.54) is 22.3 Å². The summed E-state index contributed by atoms with van der Waals surface area (Å²) in [7, 11) is 0. The normalized spacial score (nSPS) is 20.2. The van der Waals surface area contributed by atoms with Gasteiger partial charge in [-0.25, -0.2) is 0 Å². The van der Waals surface area contributed by atoms with Gasteiger partial charge in [0.2, 0.25) is 0 Å². The Bertz CT molecular complexity index is 636. The summed E-state index contributed by atoms with van der Waals surface area (Å²) in [5, 5.41) is 0. The maximum atomic E-state index is 5.93. The van der Waals surface area contributed by atoms with E-state index in [0.717, 1.165) is 0 Å². The number of benzene rings is 2. The fraction of sp³-hybridized carbons (Fsp3) is 0.222. The molecule has 2 atom stereocenters. The number of hydrogen-bond donors (Lipinski definition) is 0. The molecule has 2 aromatic carbocycles. The lowest BCUT2D eigenvalue weighted by Gasteiger charge is -2.32. The number of hydrogen-bond acceptors (Lipinski definition) is 1. The van der Waals surface area contributed by atoms with Gasteiger partial charge in [-0.2, -0.15) is 0 Å². The van der Waals surface area contributed by atoms with Crippen LogP contribution in [0.4, 0.5) is 0 Å². The van der Waals surface area contributed by atoms with E-state index in [-0.39, 0.29) is 12.0 Å². The van der Waals surface area contributed by atoms with Crippen molar-refractivity contribution in [2.75, 3.05) is 6.61 Å². The molecule has 0 spiro atoms. The van der Waals surface area contributed by atoms with Crippen LogP contribution in [0.1, 0.15) is 30.1 Å². The zero-order valence-corrected chi connectivity index (χ0v) is 11.0. The van der Waals surface area contributed by atoms with E-state index in [0.29, 0.717) is 6.61 Å². The third-order valence-corrected chi connectivity index (χ3v) is 3.68. The van der Waals surface area contributed by atoms with Crippen LogP contribution in [0.2, 0.25) is 0 Å². The molecule has 3 rings (SSSR count). The highest BCUT2D eigenvalue weighted by molar-refractivity contribution is 5.75. The molecule has 0 saturated heterocycles. The van der Waals surface area contributed by atoms with E-state index < -0.39 is 0 Å². The second-order valence-corrected chi connectivity index (χ2v) is 4.69. The maximum Gasteiger partial charge on any atom is 0.101 e. The molecule has 1 aliphatic carbocycles. The zero-order valence-electron chi connectivity index (χ0n) is 11.0. The Balaban J connectivity index is 2.25. The van der Waals surface area contributed by atoms with Crippen molar-refractivity contribution in [2.24, 2.45) is 0 Å². The number of rotatable bonds is 2. The summed E-state index contributed by atoms with van der Waals surface area (Å²) in [6.45, 7) is 2.68. The van der Waals surface area contributed by atoms with Crippen molar-refractivity contribution in [1.82, 2.24) is 0 Å². The van der Waals surface area contributed by atoms with E-state index in [9.17, 15) is 0 Å². The lowest BCUT2D eigenvalue weighted by Crippen LogP contribution is -2.19. The summed E-state index contributed by atoms with van der Waals surface area (Å²) in [5.74, 6) is 2.90. The van der Waals surface area contributed by atoms with Gasteiger partial charge in [0.15, 0.2) is 0 Å². The van der Waals surface area contributed by atoms with E-state index in [1.54, 1.807) is 0 Å². The maximum absolute atomic E-state index is 5.93. The van der Waals surface area contributed by atoms with Crippen LogP contribution in [0.25, 0.3) is 11.1 Å². The lowest BCUT2D eigenvalue weighted by atomic mass is 9.77. The topological polar surface area (TPSA) is 9.23 Å². The summed E-state index contributed by atoms with van der Waals surface area (Å²) in [5.41, 5.74) is 4.87. The quantitative estimate of drug-likeness (QED) is 0.725. The van der Waals surface area contributed by atoms with Crippen LogP contribution in [-0.4, -0.2) is 6.61 Å². The Morgan fingerprint density at radius 3 is 2.21 bits per heavy atom. The molecule has 94 valence electrons. The van der Waals surface area contributed by atoms with E-state index >= 15 is 0 Å². The first-order valence-electron chi connectivity index (χ1n) is 6.62. The molecule has 0 aliphatic heterocycles. The van der Waals surface area contributed by atoms with Crippen LogP contribution in [-0.2, 0) is 4.74 Å². The van der Waals surface area contributed by atoms with Crippen molar-refractivity contribution in [3.63, 3.8) is 0 Å². The monoisotopic (exact) mass is 248 g/mol. The third-order valence-electron chi connectivity index (χ3n) is 3.68. The minimum Gasteiger partial charge on any atom is -0.372 e. The molecule has 1 heteroatoms. The van der Waals surface area contributed by atoms with Gasteiger partial charge in [-0.05, 0) is 29.2 Å². The van der Waals surface area contributed by atoms with Gasteiger partial charge in [-0.3, -0.25) is 0 Å². The Morgan fingerprint density at radius 1 is 1.00 bits per heavy atom. The van der Waals surface area contributed by atoms with Crippen LogP contribution >= 0.6 is 0 Å². The van der Waals surface area contributed by atoms with E-state index in [1.807, 2.05) is 19.1 Å². The van der Waals surface area contributed by atoms with Gasteiger partial charge in [0, 0.05) is 6.61 Å². The SMILES string of the molecule is C#CC1c2ccccc2-c2ccccc2C1OCC. The predicted octanol–water partition coefficient (Wildman–Crippen LogP) is 4.16. The van der Waals surface area contributed by atoms with Gasteiger partial charge in [0.25, 0.3) is 0 Å². The van der Waals surface area contributed by atoms with E-state index in [4.69, 9.17) is 11.2 Å². The molecule has 0 heterocycles. The summed E-state index contributed by atoms with van der Waals surface area (Å²) in [6.07, 6.45) is 5.73.